The lowest BCUT2D eigenvalue weighted by molar-refractivity contribution is -0.139. The van der Waals surface area contributed by atoms with Crippen LogP contribution in [0.2, 0.25) is 0 Å². The van der Waals surface area contributed by atoms with E-state index in [-0.39, 0.29) is 17.2 Å². The fourth-order valence-corrected chi connectivity index (χ4v) is 1.53. The van der Waals surface area contributed by atoms with Crippen molar-refractivity contribution in [3.8, 4) is 6.07 Å². The summed E-state index contributed by atoms with van der Waals surface area (Å²) in [5.74, 6) is -1.15. The topological polar surface area (TPSA) is 48.7 Å². The van der Waals surface area contributed by atoms with Crippen LogP contribution in [0.1, 0.15) is 11.3 Å². The lowest BCUT2D eigenvalue weighted by Gasteiger charge is -2.11. The Morgan fingerprint density at radius 2 is 1.90 bits per heavy atom. The molecule has 0 aliphatic heterocycles. The van der Waals surface area contributed by atoms with Crippen LogP contribution in [0.15, 0.2) is 36.4 Å². The molecule has 20 heavy (non-hydrogen) atoms. The summed E-state index contributed by atoms with van der Waals surface area (Å²) in [5, 5.41) is 11.3. The van der Waals surface area contributed by atoms with E-state index in [1.807, 2.05) is 0 Å². The number of halogens is 4. The highest BCUT2D eigenvalue weighted by molar-refractivity contribution is 5.58. The number of pyridine rings is 1. The first kappa shape index (κ1) is 13.8. The van der Waals surface area contributed by atoms with E-state index in [0.717, 1.165) is 12.1 Å². The lowest BCUT2D eigenvalue weighted by Crippen LogP contribution is -2.08. The molecule has 0 aliphatic rings. The number of hydrogen-bond acceptors (Lipinski definition) is 3. The minimum atomic E-state index is -4.77. The van der Waals surface area contributed by atoms with Crippen LogP contribution in [-0.4, -0.2) is 4.98 Å². The van der Waals surface area contributed by atoms with Gasteiger partial charge >= 0.3 is 6.18 Å². The highest BCUT2D eigenvalue weighted by Gasteiger charge is 2.34. The number of rotatable bonds is 2. The molecule has 0 atom stereocenters. The summed E-state index contributed by atoms with van der Waals surface area (Å²) < 4.78 is 50.8. The van der Waals surface area contributed by atoms with Crippen LogP contribution in [0.4, 0.5) is 29.1 Å². The molecule has 1 heterocycles. The quantitative estimate of drug-likeness (QED) is 0.850. The van der Waals surface area contributed by atoms with Gasteiger partial charge in [0, 0.05) is 5.69 Å². The molecule has 1 aromatic heterocycles. The van der Waals surface area contributed by atoms with Gasteiger partial charge in [-0.1, -0.05) is 6.07 Å². The molecule has 0 saturated heterocycles. The van der Waals surface area contributed by atoms with Crippen LogP contribution >= 0.6 is 0 Å². The minimum absolute atomic E-state index is 0.0290. The van der Waals surface area contributed by atoms with Crippen molar-refractivity contribution < 1.29 is 17.6 Å². The van der Waals surface area contributed by atoms with E-state index in [0.29, 0.717) is 6.07 Å². The third kappa shape index (κ3) is 3.03. The molecule has 102 valence electrons. The highest BCUT2D eigenvalue weighted by Crippen LogP contribution is 2.33. The third-order valence-electron chi connectivity index (χ3n) is 2.41. The molecule has 2 aromatic rings. The SMILES string of the molecule is N#Cc1cccc(Nc2ccc(F)c(C(F)(F)F)c2)n1. The molecular formula is C13H7F4N3. The molecule has 7 heteroatoms. The molecule has 0 aliphatic carbocycles. The van der Waals surface area contributed by atoms with Crippen molar-refractivity contribution in [2.24, 2.45) is 0 Å². The maximum absolute atomic E-state index is 13.1. The van der Waals surface area contributed by atoms with Gasteiger partial charge in [0.2, 0.25) is 0 Å². The number of nitrogens with zero attached hydrogens (tertiary/aromatic N) is 2. The van der Waals surface area contributed by atoms with E-state index in [1.165, 1.54) is 18.2 Å². The fraction of sp³-hybridized carbons (Fsp3) is 0.0769. The van der Waals surface area contributed by atoms with Gasteiger partial charge in [-0.25, -0.2) is 9.37 Å². The number of benzene rings is 1. The highest BCUT2D eigenvalue weighted by atomic mass is 19.4. The predicted octanol–water partition coefficient (Wildman–Crippen LogP) is 3.85. The summed E-state index contributed by atoms with van der Waals surface area (Å²) in [4.78, 5) is 3.85. The number of anilines is 2. The van der Waals surface area contributed by atoms with Crippen LogP contribution in [-0.2, 0) is 6.18 Å². The zero-order valence-electron chi connectivity index (χ0n) is 9.87. The molecule has 0 amide bonds. The van der Waals surface area contributed by atoms with Gasteiger partial charge in [-0.3, -0.25) is 0 Å². The maximum Gasteiger partial charge on any atom is 0.419 e. The van der Waals surface area contributed by atoms with Crippen molar-refractivity contribution >= 4 is 11.5 Å². The third-order valence-corrected chi connectivity index (χ3v) is 2.41. The Morgan fingerprint density at radius 3 is 2.55 bits per heavy atom. The molecule has 0 fully saturated rings. The van der Waals surface area contributed by atoms with Crippen molar-refractivity contribution in [2.75, 3.05) is 5.32 Å². The standard InChI is InChI=1S/C13H7F4N3/c14-11-5-4-8(6-10(11)13(15,16)17)19-12-3-1-2-9(7-18)20-12/h1-6H,(H,19,20). The summed E-state index contributed by atoms with van der Waals surface area (Å²) in [6.45, 7) is 0. The zero-order valence-corrected chi connectivity index (χ0v) is 9.87. The Labute approximate surface area is 111 Å². The Bertz CT molecular complexity index is 674. The Hall–Kier alpha value is -2.62. The summed E-state index contributed by atoms with van der Waals surface area (Å²) in [6, 6.07) is 8.80. The van der Waals surface area contributed by atoms with Crippen LogP contribution in [0.3, 0.4) is 0 Å². The van der Waals surface area contributed by atoms with Crippen LogP contribution in [0, 0.1) is 17.1 Å². The molecule has 2 rings (SSSR count). The summed E-state index contributed by atoms with van der Waals surface area (Å²) in [7, 11) is 0. The van der Waals surface area contributed by atoms with E-state index < -0.39 is 17.6 Å². The van der Waals surface area contributed by atoms with Gasteiger partial charge in [0.15, 0.2) is 0 Å². The zero-order chi connectivity index (χ0) is 14.8. The van der Waals surface area contributed by atoms with Crippen LogP contribution < -0.4 is 5.32 Å². The van der Waals surface area contributed by atoms with Gasteiger partial charge in [-0.2, -0.15) is 18.4 Å². The van der Waals surface area contributed by atoms with E-state index >= 15 is 0 Å². The molecule has 0 bridgehead atoms. The van der Waals surface area contributed by atoms with Crippen LogP contribution in [0.5, 0.6) is 0 Å². The monoisotopic (exact) mass is 281 g/mol. The number of aromatic nitrogens is 1. The Morgan fingerprint density at radius 1 is 1.15 bits per heavy atom. The smallest absolute Gasteiger partial charge is 0.340 e. The summed E-state index contributed by atoms with van der Waals surface area (Å²) in [6.07, 6.45) is -4.77. The second-order valence-electron chi connectivity index (χ2n) is 3.84. The van der Waals surface area contributed by atoms with Crippen molar-refractivity contribution in [3.05, 3.63) is 53.5 Å². The number of nitriles is 1. The van der Waals surface area contributed by atoms with Crippen molar-refractivity contribution in [1.29, 1.82) is 5.26 Å². The van der Waals surface area contributed by atoms with Gasteiger partial charge in [0.25, 0.3) is 0 Å². The Balaban J connectivity index is 2.33. The largest absolute Gasteiger partial charge is 0.419 e. The molecule has 0 unspecified atom stereocenters. The van der Waals surface area contributed by atoms with E-state index in [1.54, 1.807) is 6.07 Å². The molecule has 1 aromatic carbocycles. The molecule has 0 saturated carbocycles. The fourth-order valence-electron chi connectivity index (χ4n) is 1.53. The van der Waals surface area contributed by atoms with Gasteiger partial charge < -0.3 is 5.32 Å². The number of nitrogens with one attached hydrogen (secondary N) is 1. The van der Waals surface area contributed by atoms with E-state index in [2.05, 4.69) is 10.3 Å². The molecule has 1 N–H and O–H groups in total. The van der Waals surface area contributed by atoms with Gasteiger partial charge in [0.05, 0.1) is 5.56 Å². The van der Waals surface area contributed by atoms with Gasteiger partial charge in [-0.15, -0.1) is 0 Å². The first-order valence-electron chi connectivity index (χ1n) is 5.41. The molecular weight excluding hydrogens is 274 g/mol. The normalized spacial score (nSPS) is 10.9. The predicted molar refractivity (Wildman–Crippen MR) is 63.6 cm³/mol. The molecule has 0 spiro atoms. The van der Waals surface area contributed by atoms with E-state index in [9.17, 15) is 17.6 Å². The van der Waals surface area contributed by atoms with Crippen molar-refractivity contribution in [1.82, 2.24) is 4.98 Å². The number of alkyl halides is 3. The average Bonchev–Trinajstić information content (AvgIpc) is 2.40. The van der Waals surface area contributed by atoms with Gasteiger partial charge in [-0.05, 0) is 30.3 Å². The first-order chi connectivity index (χ1) is 9.40. The molecule has 3 nitrogen and oxygen atoms in total. The number of hydrogen-bond donors (Lipinski definition) is 1. The average molecular weight is 281 g/mol. The summed E-state index contributed by atoms with van der Waals surface area (Å²) >= 11 is 0. The van der Waals surface area contributed by atoms with Crippen molar-refractivity contribution in [3.63, 3.8) is 0 Å². The summed E-state index contributed by atoms with van der Waals surface area (Å²) in [5.41, 5.74) is -1.21. The van der Waals surface area contributed by atoms with Crippen LogP contribution in [0.25, 0.3) is 0 Å². The minimum Gasteiger partial charge on any atom is -0.340 e. The Kier molecular flexibility index (Phi) is 3.57. The maximum atomic E-state index is 13.1. The van der Waals surface area contributed by atoms with Gasteiger partial charge in [0.1, 0.15) is 23.4 Å². The van der Waals surface area contributed by atoms with Crippen molar-refractivity contribution in [2.45, 2.75) is 6.18 Å². The second-order valence-corrected chi connectivity index (χ2v) is 3.84. The lowest BCUT2D eigenvalue weighted by atomic mass is 10.2. The molecule has 0 radical (unpaired) electrons. The van der Waals surface area contributed by atoms with E-state index in [4.69, 9.17) is 5.26 Å². The second kappa shape index (κ2) is 5.17. The first-order valence-corrected chi connectivity index (χ1v) is 5.41.